The molecule has 0 aliphatic carbocycles. The largest absolute Gasteiger partial charge is 0.506 e. The minimum absolute atomic E-state index is 1.06. The molecule has 1 rings (SSSR count). The summed E-state index contributed by atoms with van der Waals surface area (Å²) in [6.07, 6.45) is -5.76. The van der Waals surface area contributed by atoms with Crippen LogP contribution in [0, 0.1) is 0 Å². The zero-order chi connectivity index (χ0) is 11.7. The Bertz CT molecular complexity index is 412. The Morgan fingerprint density at radius 3 is 2.20 bits per heavy atom. The van der Waals surface area contributed by atoms with Gasteiger partial charge < -0.3 is 30.3 Å². The molecule has 3 atom stereocenters. The molecule has 0 aromatic rings. The van der Waals surface area contributed by atoms with Gasteiger partial charge in [-0.25, -0.2) is 0 Å². The van der Waals surface area contributed by atoms with Crippen molar-refractivity contribution < 1.29 is 38.7 Å². The molecule has 0 aromatic carbocycles. The first-order chi connectivity index (χ1) is 6.86. The van der Waals surface area contributed by atoms with Crippen molar-refractivity contribution in [1.82, 2.24) is 0 Å². The lowest BCUT2D eigenvalue weighted by Gasteiger charge is -2.28. The van der Waals surface area contributed by atoms with Gasteiger partial charge in [-0.3, -0.25) is 0 Å². The fourth-order valence-corrected chi connectivity index (χ4v) is 1.30. The van der Waals surface area contributed by atoms with Crippen molar-refractivity contribution in [2.24, 2.45) is 0 Å². The molecule has 0 unspecified atom stereocenters. The zero-order valence-corrected chi connectivity index (χ0v) is 7.92. The minimum atomic E-state index is -3.07. The maximum absolute atomic E-state index is 10.3. The number of hydrogen-bond acceptors (Lipinski definition) is 7. The lowest BCUT2D eigenvalue weighted by molar-refractivity contribution is -0.186. The summed E-state index contributed by atoms with van der Waals surface area (Å²) in [5.74, 6) is -2.13. The average molecular weight is 240 g/mol. The number of hydrogen-bond donors (Lipinski definition) is 5. The highest BCUT2D eigenvalue weighted by Crippen LogP contribution is 2.22. The highest BCUT2D eigenvalue weighted by atomic mass is 32.2. The summed E-state index contributed by atoms with van der Waals surface area (Å²) in [6, 6.07) is 0. The van der Waals surface area contributed by atoms with E-state index in [1.807, 2.05) is 0 Å². The van der Waals surface area contributed by atoms with Gasteiger partial charge in [-0.2, -0.15) is 8.42 Å². The summed E-state index contributed by atoms with van der Waals surface area (Å²) < 4.78 is 25.0. The van der Waals surface area contributed by atoms with Crippen LogP contribution in [0.15, 0.2) is 11.5 Å². The lowest BCUT2D eigenvalue weighted by atomic mass is 10.1. The van der Waals surface area contributed by atoms with Crippen molar-refractivity contribution in [3.63, 3.8) is 0 Å². The molecule has 5 N–H and O–H groups in total. The first kappa shape index (κ1) is 11.9. The van der Waals surface area contributed by atoms with E-state index in [1.165, 1.54) is 0 Å². The van der Waals surface area contributed by atoms with Gasteiger partial charge in [0.25, 0.3) is 0 Å². The third-order valence-corrected chi connectivity index (χ3v) is 2.29. The van der Waals surface area contributed by atoms with Crippen LogP contribution in [-0.4, -0.2) is 57.5 Å². The van der Waals surface area contributed by atoms with E-state index in [1.54, 1.807) is 0 Å². The predicted molar refractivity (Wildman–Crippen MR) is 45.7 cm³/mol. The van der Waals surface area contributed by atoms with Crippen LogP contribution in [0.2, 0.25) is 0 Å². The molecule has 0 saturated heterocycles. The third-order valence-electron chi connectivity index (χ3n) is 1.73. The second-order valence-electron chi connectivity index (χ2n) is 2.69. The lowest BCUT2D eigenvalue weighted by Crippen LogP contribution is -2.44. The maximum atomic E-state index is 10.3. The topological polar surface area (TPSA) is 145 Å². The van der Waals surface area contributed by atoms with Crippen molar-refractivity contribution in [1.29, 1.82) is 0 Å². The average Bonchev–Trinajstić information content (AvgIpc) is 2.19. The van der Waals surface area contributed by atoms with Crippen LogP contribution in [0.5, 0.6) is 0 Å². The maximum Gasteiger partial charge on any atom is 0.243 e. The Morgan fingerprint density at radius 2 is 1.73 bits per heavy atom. The Balaban J connectivity index is 3.21. The molecular weight excluding hydrogens is 232 g/mol. The smallest absolute Gasteiger partial charge is 0.243 e. The van der Waals surface area contributed by atoms with Crippen LogP contribution in [0.4, 0.5) is 0 Å². The molecule has 0 amide bonds. The molecule has 0 fully saturated rings. The van der Waals surface area contributed by atoms with Crippen LogP contribution >= 0.6 is 0 Å². The summed E-state index contributed by atoms with van der Waals surface area (Å²) in [7, 11) is -3.07. The Morgan fingerprint density at radius 1 is 1.20 bits per heavy atom. The highest BCUT2D eigenvalue weighted by molar-refractivity contribution is 7.72. The van der Waals surface area contributed by atoms with Crippen molar-refractivity contribution in [3.8, 4) is 0 Å². The number of aliphatic hydroxyl groups excluding tert-OH is 5. The molecule has 1 aliphatic rings. The van der Waals surface area contributed by atoms with Crippen LogP contribution in [0.1, 0.15) is 0 Å². The molecule has 0 bridgehead atoms. The second-order valence-corrected chi connectivity index (χ2v) is 3.58. The third kappa shape index (κ3) is 2.11. The number of ether oxygens (including phenoxy) is 1. The fourth-order valence-electron chi connectivity index (χ4n) is 0.962. The van der Waals surface area contributed by atoms with Crippen LogP contribution < -0.4 is 0 Å². The predicted octanol–water partition coefficient (Wildman–Crippen LogP) is -2.04. The van der Waals surface area contributed by atoms with E-state index in [2.05, 4.69) is 4.74 Å². The number of aliphatic hydroxyl groups is 5. The molecule has 15 heavy (non-hydrogen) atoms. The fraction of sp³-hybridized carbons (Fsp3) is 0.500. The van der Waals surface area contributed by atoms with Crippen LogP contribution in [-0.2, 0) is 15.0 Å². The molecule has 0 radical (unpaired) electrons. The molecule has 0 aromatic heterocycles. The van der Waals surface area contributed by atoms with Crippen molar-refractivity contribution in [2.75, 3.05) is 0 Å². The standard InChI is InChI=1S/C6H8O8S/c7-1-2(8)4(6(11)15(12)13)14-5(10)3(1)9/h3-5,7-11H/t3-,4-,5+/m0/s1. The molecular formula is C6H8O8S. The molecule has 86 valence electrons. The summed E-state index contributed by atoms with van der Waals surface area (Å²) in [4.78, 5) is 0. The monoisotopic (exact) mass is 240 g/mol. The summed E-state index contributed by atoms with van der Waals surface area (Å²) in [5, 5.41) is 43.7. The van der Waals surface area contributed by atoms with E-state index in [4.69, 9.17) is 25.5 Å². The second kappa shape index (κ2) is 4.16. The molecule has 0 saturated carbocycles. The van der Waals surface area contributed by atoms with E-state index in [9.17, 15) is 8.42 Å². The van der Waals surface area contributed by atoms with Crippen molar-refractivity contribution in [3.05, 3.63) is 11.5 Å². The van der Waals surface area contributed by atoms with Gasteiger partial charge in [0.2, 0.25) is 15.3 Å². The van der Waals surface area contributed by atoms with E-state index < -0.39 is 45.4 Å². The first-order valence-corrected chi connectivity index (χ1v) is 4.72. The molecule has 8 nitrogen and oxygen atoms in total. The van der Waals surface area contributed by atoms with Gasteiger partial charge in [-0.05, 0) is 0 Å². The highest BCUT2D eigenvalue weighted by Gasteiger charge is 2.39. The van der Waals surface area contributed by atoms with Crippen molar-refractivity contribution >= 4 is 15.3 Å². The van der Waals surface area contributed by atoms with Crippen LogP contribution in [0.3, 0.4) is 0 Å². The van der Waals surface area contributed by atoms with Gasteiger partial charge in [0, 0.05) is 0 Å². The molecule has 9 heteroatoms. The number of rotatable bonds is 1. The Labute approximate surface area is 84.8 Å². The zero-order valence-electron chi connectivity index (χ0n) is 7.10. The van der Waals surface area contributed by atoms with Crippen LogP contribution in [0.25, 0.3) is 0 Å². The van der Waals surface area contributed by atoms with Gasteiger partial charge in [-0.1, -0.05) is 0 Å². The van der Waals surface area contributed by atoms with E-state index in [0.717, 1.165) is 0 Å². The minimum Gasteiger partial charge on any atom is -0.506 e. The van der Waals surface area contributed by atoms with Crippen molar-refractivity contribution in [2.45, 2.75) is 18.5 Å². The van der Waals surface area contributed by atoms with E-state index in [0.29, 0.717) is 0 Å². The van der Waals surface area contributed by atoms with Gasteiger partial charge in [0.15, 0.2) is 30.0 Å². The normalized spacial score (nSPS) is 31.5. The van der Waals surface area contributed by atoms with Gasteiger partial charge in [0.05, 0.1) is 0 Å². The SMILES string of the molecule is O=S(=O)=C(O)[C@H]1O[C@@H](O)[C@@H](O)C(O)=C1O. The Kier molecular flexibility index (Phi) is 3.31. The summed E-state index contributed by atoms with van der Waals surface area (Å²) in [5.41, 5.74) is 0. The van der Waals surface area contributed by atoms with E-state index >= 15 is 0 Å². The van der Waals surface area contributed by atoms with Gasteiger partial charge in [-0.15, -0.1) is 0 Å². The summed E-state index contributed by atoms with van der Waals surface area (Å²) in [6.45, 7) is 0. The van der Waals surface area contributed by atoms with Gasteiger partial charge >= 0.3 is 0 Å². The molecule has 1 aliphatic heterocycles. The summed E-state index contributed by atoms with van der Waals surface area (Å²) >= 11 is 0. The molecule has 0 spiro atoms. The molecule has 1 heterocycles. The quantitative estimate of drug-likeness (QED) is 0.329. The Hall–Kier alpha value is -1.13. The van der Waals surface area contributed by atoms with E-state index in [-0.39, 0.29) is 0 Å². The van der Waals surface area contributed by atoms with Gasteiger partial charge in [0.1, 0.15) is 0 Å². The first-order valence-electron chi connectivity index (χ1n) is 3.65.